The summed E-state index contributed by atoms with van der Waals surface area (Å²) in [6.07, 6.45) is 4.21. The largest absolute Gasteiger partial charge is 0.492 e. The zero-order valence-electron chi connectivity index (χ0n) is 13.9. The van der Waals surface area contributed by atoms with Crippen molar-refractivity contribution in [3.8, 4) is 5.75 Å². The van der Waals surface area contributed by atoms with Crippen LogP contribution >= 0.6 is 0 Å². The second kappa shape index (κ2) is 7.93. The molecular weight excluding hydrogens is 304 g/mol. The van der Waals surface area contributed by atoms with Crippen molar-refractivity contribution >= 4 is 5.91 Å². The monoisotopic (exact) mass is 326 g/mol. The molecule has 0 spiro atoms. The lowest BCUT2D eigenvalue weighted by molar-refractivity contribution is -0.138. The van der Waals surface area contributed by atoms with Crippen molar-refractivity contribution in [1.82, 2.24) is 9.88 Å². The van der Waals surface area contributed by atoms with Gasteiger partial charge in [0.15, 0.2) is 0 Å². The third-order valence-corrected chi connectivity index (χ3v) is 4.23. The smallest absolute Gasteiger partial charge is 0.229 e. The Kier molecular flexibility index (Phi) is 5.43. The van der Waals surface area contributed by atoms with Crippen LogP contribution in [0.4, 0.5) is 0 Å². The van der Waals surface area contributed by atoms with E-state index >= 15 is 0 Å². The van der Waals surface area contributed by atoms with Crippen LogP contribution in [-0.2, 0) is 22.5 Å². The SMILES string of the molecule is COCCN(Cc1ccncc1)C(=O)[C@H]1COc2ccccc2C1. The number of carbonyl (C=O) groups excluding carboxylic acids is 1. The molecule has 0 bridgehead atoms. The Labute approximate surface area is 142 Å². The number of methoxy groups -OCH3 is 1. The average Bonchev–Trinajstić information content (AvgIpc) is 2.65. The van der Waals surface area contributed by atoms with Crippen LogP contribution in [-0.4, -0.2) is 42.7 Å². The minimum Gasteiger partial charge on any atom is -0.492 e. The number of benzene rings is 1. The number of hydrogen-bond acceptors (Lipinski definition) is 4. The minimum atomic E-state index is -0.154. The van der Waals surface area contributed by atoms with E-state index in [4.69, 9.17) is 9.47 Å². The number of aromatic nitrogens is 1. The first-order chi connectivity index (χ1) is 11.8. The zero-order valence-corrected chi connectivity index (χ0v) is 13.9. The fourth-order valence-corrected chi connectivity index (χ4v) is 2.92. The van der Waals surface area contributed by atoms with Gasteiger partial charge in [-0.05, 0) is 35.7 Å². The molecule has 0 fully saturated rings. The van der Waals surface area contributed by atoms with E-state index in [9.17, 15) is 4.79 Å². The van der Waals surface area contributed by atoms with Gasteiger partial charge in [0.25, 0.3) is 0 Å². The molecule has 126 valence electrons. The molecule has 1 aromatic carbocycles. The van der Waals surface area contributed by atoms with E-state index in [1.54, 1.807) is 19.5 Å². The summed E-state index contributed by atoms with van der Waals surface area (Å²) >= 11 is 0. The molecule has 1 aliphatic heterocycles. The molecule has 1 amide bonds. The average molecular weight is 326 g/mol. The lowest BCUT2D eigenvalue weighted by atomic mass is 9.95. The molecule has 0 unspecified atom stereocenters. The van der Waals surface area contributed by atoms with Gasteiger partial charge in [0, 0.05) is 32.6 Å². The van der Waals surface area contributed by atoms with E-state index in [1.165, 1.54) is 0 Å². The van der Waals surface area contributed by atoms with Crippen molar-refractivity contribution < 1.29 is 14.3 Å². The summed E-state index contributed by atoms with van der Waals surface area (Å²) in [5.74, 6) is 0.844. The van der Waals surface area contributed by atoms with E-state index in [2.05, 4.69) is 4.98 Å². The van der Waals surface area contributed by atoms with Crippen LogP contribution in [0.25, 0.3) is 0 Å². The number of pyridine rings is 1. The van der Waals surface area contributed by atoms with E-state index < -0.39 is 0 Å². The molecule has 0 aliphatic carbocycles. The number of carbonyl (C=O) groups is 1. The van der Waals surface area contributed by atoms with Gasteiger partial charge in [0.1, 0.15) is 12.4 Å². The minimum absolute atomic E-state index is 0.110. The maximum atomic E-state index is 13.0. The Morgan fingerprint density at radius 1 is 1.29 bits per heavy atom. The predicted octanol–water partition coefficient (Wildman–Crippen LogP) is 2.31. The first-order valence-corrected chi connectivity index (χ1v) is 8.15. The predicted molar refractivity (Wildman–Crippen MR) is 90.7 cm³/mol. The standard InChI is InChI=1S/C19H22N2O3/c1-23-11-10-21(13-15-6-8-20-9-7-15)19(22)17-12-16-4-2-3-5-18(16)24-14-17/h2-9,17H,10-14H2,1H3/t17-/m1/s1. The lowest BCUT2D eigenvalue weighted by Crippen LogP contribution is -2.42. The van der Waals surface area contributed by atoms with E-state index in [-0.39, 0.29) is 11.8 Å². The molecule has 0 radical (unpaired) electrons. The van der Waals surface area contributed by atoms with Gasteiger partial charge >= 0.3 is 0 Å². The number of para-hydroxylation sites is 1. The number of ether oxygens (including phenoxy) is 2. The zero-order chi connectivity index (χ0) is 16.8. The summed E-state index contributed by atoms with van der Waals surface area (Å²) in [7, 11) is 1.65. The van der Waals surface area contributed by atoms with Gasteiger partial charge < -0.3 is 14.4 Å². The van der Waals surface area contributed by atoms with Gasteiger partial charge in [0.2, 0.25) is 5.91 Å². The van der Waals surface area contributed by atoms with Gasteiger partial charge in [-0.25, -0.2) is 0 Å². The summed E-state index contributed by atoms with van der Waals surface area (Å²) in [6.45, 7) is 2.06. The van der Waals surface area contributed by atoms with Crippen molar-refractivity contribution in [1.29, 1.82) is 0 Å². The number of nitrogens with zero attached hydrogens (tertiary/aromatic N) is 2. The van der Waals surface area contributed by atoms with E-state index in [1.807, 2.05) is 41.3 Å². The summed E-state index contributed by atoms with van der Waals surface area (Å²) in [4.78, 5) is 18.9. The van der Waals surface area contributed by atoms with Gasteiger partial charge in [-0.15, -0.1) is 0 Å². The van der Waals surface area contributed by atoms with Crippen LogP contribution in [0.5, 0.6) is 5.75 Å². The maximum Gasteiger partial charge on any atom is 0.229 e. The van der Waals surface area contributed by atoms with Gasteiger partial charge in [-0.3, -0.25) is 9.78 Å². The van der Waals surface area contributed by atoms with E-state index in [0.29, 0.717) is 26.3 Å². The molecular formula is C19H22N2O3. The Hall–Kier alpha value is -2.40. The Balaban J connectivity index is 1.71. The molecule has 1 atom stereocenters. The molecule has 5 heteroatoms. The van der Waals surface area contributed by atoms with Gasteiger partial charge in [0.05, 0.1) is 12.5 Å². The molecule has 24 heavy (non-hydrogen) atoms. The third kappa shape index (κ3) is 3.92. The van der Waals surface area contributed by atoms with Crippen LogP contribution in [0.15, 0.2) is 48.8 Å². The fourth-order valence-electron chi connectivity index (χ4n) is 2.92. The Morgan fingerprint density at radius 2 is 2.08 bits per heavy atom. The van der Waals surface area contributed by atoms with Crippen molar-refractivity contribution in [3.63, 3.8) is 0 Å². The molecule has 1 aliphatic rings. The number of hydrogen-bond donors (Lipinski definition) is 0. The molecule has 2 aromatic rings. The van der Waals surface area contributed by atoms with Gasteiger partial charge in [-0.1, -0.05) is 18.2 Å². The van der Waals surface area contributed by atoms with Crippen molar-refractivity contribution in [3.05, 3.63) is 59.9 Å². The molecule has 0 saturated carbocycles. The topological polar surface area (TPSA) is 51.7 Å². The van der Waals surface area contributed by atoms with Crippen LogP contribution in [0.1, 0.15) is 11.1 Å². The molecule has 1 aromatic heterocycles. The summed E-state index contributed by atoms with van der Waals surface area (Å²) in [6, 6.07) is 11.8. The Morgan fingerprint density at radius 3 is 2.88 bits per heavy atom. The van der Waals surface area contributed by atoms with Crippen LogP contribution in [0.2, 0.25) is 0 Å². The number of fused-ring (bicyclic) bond motifs is 1. The highest BCUT2D eigenvalue weighted by Crippen LogP contribution is 2.28. The first kappa shape index (κ1) is 16.5. The van der Waals surface area contributed by atoms with Crippen molar-refractivity contribution in [2.75, 3.05) is 26.9 Å². The van der Waals surface area contributed by atoms with Crippen LogP contribution in [0.3, 0.4) is 0 Å². The molecule has 3 rings (SSSR count). The highest BCUT2D eigenvalue weighted by Gasteiger charge is 2.29. The summed E-state index contributed by atoms with van der Waals surface area (Å²) in [5.41, 5.74) is 2.16. The normalized spacial score (nSPS) is 16.1. The lowest BCUT2D eigenvalue weighted by Gasteiger charge is -2.30. The fraction of sp³-hybridized carbons (Fsp3) is 0.368. The second-order valence-corrected chi connectivity index (χ2v) is 5.93. The third-order valence-electron chi connectivity index (χ3n) is 4.23. The highest BCUT2D eigenvalue weighted by molar-refractivity contribution is 5.79. The second-order valence-electron chi connectivity index (χ2n) is 5.93. The Bertz CT molecular complexity index is 675. The molecule has 0 N–H and O–H groups in total. The molecule has 2 heterocycles. The molecule has 0 saturated heterocycles. The summed E-state index contributed by atoms with van der Waals surface area (Å²) < 4.78 is 10.9. The quantitative estimate of drug-likeness (QED) is 0.817. The summed E-state index contributed by atoms with van der Waals surface area (Å²) in [5, 5.41) is 0. The van der Waals surface area contributed by atoms with Crippen molar-refractivity contribution in [2.24, 2.45) is 5.92 Å². The number of amides is 1. The van der Waals surface area contributed by atoms with Crippen molar-refractivity contribution in [2.45, 2.75) is 13.0 Å². The first-order valence-electron chi connectivity index (χ1n) is 8.15. The highest BCUT2D eigenvalue weighted by atomic mass is 16.5. The maximum absolute atomic E-state index is 13.0. The van der Waals surface area contributed by atoms with Crippen LogP contribution < -0.4 is 4.74 Å². The van der Waals surface area contributed by atoms with E-state index in [0.717, 1.165) is 23.3 Å². The van der Waals surface area contributed by atoms with Gasteiger partial charge in [-0.2, -0.15) is 0 Å². The van der Waals surface area contributed by atoms with Crippen LogP contribution in [0, 0.1) is 5.92 Å². The molecule has 5 nitrogen and oxygen atoms in total. The number of rotatable bonds is 6.